The Morgan fingerprint density at radius 1 is 1.18 bits per heavy atom. The molecule has 1 atom stereocenters. The Labute approximate surface area is 165 Å². The van der Waals surface area contributed by atoms with Crippen molar-refractivity contribution < 1.29 is 24.2 Å². The molecule has 0 radical (unpaired) electrons. The predicted octanol–water partition coefficient (Wildman–Crippen LogP) is 2.80. The van der Waals surface area contributed by atoms with E-state index in [4.69, 9.17) is 4.74 Å². The van der Waals surface area contributed by atoms with E-state index in [9.17, 15) is 19.5 Å². The highest BCUT2D eigenvalue weighted by Gasteiger charge is 2.39. The van der Waals surface area contributed by atoms with Gasteiger partial charge in [0.05, 0.1) is 24.5 Å². The van der Waals surface area contributed by atoms with E-state index in [1.165, 1.54) is 6.92 Å². The summed E-state index contributed by atoms with van der Waals surface area (Å²) in [5, 5.41) is 15.2. The number of carbonyl (C=O) groups is 3. The molecular formula is C21H30N2O5. The van der Waals surface area contributed by atoms with Crippen LogP contribution in [0.5, 0.6) is 5.75 Å². The second-order valence-corrected chi connectivity index (χ2v) is 7.35. The monoisotopic (exact) mass is 390 g/mol. The van der Waals surface area contributed by atoms with Crippen molar-refractivity contribution in [3.8, 4) is 5.75 Å². The van der Waals surface area contributed by atoms with Gasteiger partial charge in [-0.2, -0.15) is 0 Å². The normalized spacial score (nSPS) is 16.6. The molecule has 28 heavy (non-hydrogen) atoms. The van der Waals surface area contributed by atoms with Crippen LogP contribution >= 0.6 is 0 Å². The summed E-state index contributed by atoms with van der Waals surface area (Å²) in [6, 6.07) is 6.73. The number of carboxylic acid groups (broad SMARTS) is 1. The van der Waals surface area contributed by atoms with Crippen LogP contribution in [0, 0.1) is 5.41 Å². The maximum Gasteiger partial charge on any atom is 0.311 e. The van der Waals surface area contributed by atoms with Gasteiger partial charge in [0, 0.05) is 19.0 Å². The van der Waals surface area contributed by atoms with E-state index in [1.807, 2.05) is 25.1 Å². The lowest BCUT2D eigenvalue weighted by molar-refractivity contribution is -0.151. The first-order valence-corrected chi connectivity index (χ1v) is 9.87. The quantitative estimate of drug-likeness (QED) is 0.601. The molecule has 1 aliphatic rings. The summed E-state index contributed by atoms with van der Waals surface area (Å²) in [7, 11) is 0. The fraction of sp³-hybridized carbons (Fsp3) is 0.571. The van der Waals surface area contributed by atoms with Gasteiger partial charge in [-0.25, -0.2) is 0 Å². The number of para-hydroxylation sites is 1. The third kappa shape index (κ3) is 5.71. The summed E-state index contributed by atoms with van der Waals surface area (Å²) in [6.07, 6.45) is 3.91. The van der Waals surface area contributed by atoms with E-state index < -0.39 is 17.4 Å². The minimum atomic E-state index is -0.888. The first kappa shape index (κ1) is 21.7. The molecule has 1 aromatic rings. The number of amides is 2. The molecule has 0 spiro atoms. The second kappa shape index (κ2) is 10.1. The number of benzene rings is 1. The summed E-state index contributed by atoms with van der Waals surface area (Å²) >= 11 is 0. The van der Waals surface area contributed by atoms with E-state index in [0.717, 1.165) is 24.8 Å². The SMILES string of the molecule is CCOc1ccccc1C(CC(=O)NCC1(C(=O)O)CCCCC1)NC(C)=O. The van der Waals surface area contributed by atoms with Gasteiger partial charge in [0.25, 0.3) is 0 Å². The number of hydrogen-bond donors (Lipinski definition) is 3. The van der Waals surface area contributed by atoms with Crippen LogP contribution in [0.1, 0.15) is 64.0 Å². The van der Waals surface area contributed by atoms with Crippen molar-refractivity contribution in [3.05, 3.63) is 29.8 Å². The number of rotatable bonds is 9. The lowest BCUT2D eigenvalue weighted by Crippen LogP contribution is -2.45. The van der Waals surface area contributed by atoms with Gasteiger partial charge in [0.1, 0.15) is 5.75 Å². The zero-order valence-corrected chi connectivity index (χ0v) is 16.6. The van der Waals surface area contributed by atoms with E-state index in [2.05, 4.69) is 10.6 Å². The summed E-state index contributed by atoms with van der Waals surface area (Å²) in [5.74, 6) is -0.784. The van der Waals surface area contributed by atoms with Crippen LogP contribution in [-0.4, -0.2) is 36.0 Å². The standard InChI is InChI=1S/C21H30N2O5/c1-3-28-18-10-6-5-9-16(18)17(23-15(2)24)13-19(25)22-14-21(20(26)27)11-7-4-8-12-21/h5-6,9-10,17H,3-4,7-8,11-14H2,1-2H3,(H,22,25)(H,23,24)(H,26,27). The predicted molar refractivity (Wildman–Crippen MR) is 105 cm³/mol. The van der Waals surface area contributed by atoms with Crippen LogP contribution in [0.25, 0.3) is 0 Å². The lowest BCUT2D eigenvalue weighted by Gasteiger charge is -2.33. The average molecular weight is 390 g/mol. The first-order valence-electron chi connectivity index (χ1n) is 9.87. The zero-order valence-electron chi connectivity index (χ0n) is 16.6. The number of aliphatic carboxylic acids is 1. The lowest BCUT2D eigenvalue weighted by atomic mass is 9.74. The van der Waals surface area contributed by atoms with Gasteiger partial charge in [-0.3, -0.25) is 14.4 Å². The summed E-state index contributed by atoms with van der Waals surface area (Å²) in [6.45, 7) is 3.85. The molecule has 7 heteroatoms. The van der Waals surface area contributed by atoms with Crippen molar-refractivity contribution in [2.75, 3.05) is 13.2 Å². The molecule has 3 N–H and O–H groups in total. The molecule has 0 bridgehead atoms. The minimum Gasteiger partial charge on any atom is -0.494 e. The summed E-state index contributed by atoms with van der Waals surface area (Å²) in [4.78, 5) is 36.0. The van der Waals surface area contributed by atoms with Gasteiger partial charge in [-0.15, -0.1) is 0 Å². The third-order valence-corrected chi connectivity index (χ3v) is 5.25. The van der Waals surface area contributed by atoms with Crippen molar-refractivity contribution in [1.82, 2.24) is 10.6 Å². The van der Waals surface area contributed by atoms with Crippen LogP contribution < -0.4 is 15.4 Å². The average Bonchev–Trinajstić information content (AvgIpc) is 2.67. The highest BCUT2D eigenvalue weighted by molar-refractivity contribution is 5.81. The Morgan fingerprint density at radius 3 is 2.46 bits per heavy atom. The van der Waals surface area contributed by atoms with Crippen molar-refractivity contribution in [2.24, 2.45) is 5.41 Å². The second-order valence-electron chi connectivity index (χ2n) is 7.35. The number of carbonyl (C=O) groups excluding carboxylic acids is 2. The number of nitrogens with one attached hydrogen (secondary N) is 2. The van der Waals surface area contributed by atoms with Crippen LogP contribution in [0.4, 0.5) is 0 Å². The van der Waals surface area contributed by atoms with E-state index in [1.54, 1.807) is 6.07 Å². The Bertz CT molecular complexity index is 698. The van der Waals surface area contributed by atoms with Crippen molar-refractivity contribution >= 4 is 17.8 Å². The van der Waals surface area contributed by atoms with Crippen molar-refractivity contribution in [1.29, 1.82) is 0 Å². The minimum absolute atomic E-state index is 0.0133. The fourth-order valence-electron chi connectivity index (χ4n) is 3.76. The van der Waals surface area contributed by atoms with Gasteiger partial charge in [0.15, 0.2) is 0 Å². The molecule has 1 saturated carbocycles. The van der Waals surface area contributed by atoms with Gasteiger partial charge in [0.2, 0.25) is 11.8 Å². The van der Waals surface area contributed by atoms with Gasteiger partial charge < -0.3 is 20.5 Å². The van der Waals surface area contributed by atoms with Crippen LogP contribution in [0.15, 0.2) is 24.3 Å². The van der Waals surface area contributed by atoms with Crippen LogP contribution in [0.3, 0.4) is 0 Å². The van der Waals surface area contributed by atoms with Gasteiger partial charge in [-0.1, -0.05) is 37.5 Å². The smallest absolute Gasteiger partial charge is 0.311 e. The number of ether oxygens (including phenoxy) is 1. The highest BCUT2D eigenvalue weighted by atomic mass is 16.5. The largest absolute Gasteiger partial charge is 0.494 e. The maximum atomic E-state index is 12.6. The molecule has 2 amide bonds. The summed E-state index contributed by atoms with van der Waals surface area (Å²) < 4.78 is 5.62. The van der Waals surface area contributed by atoms with E-state index >= 15 is 0 Å². The first-order chi connectivity index (χ1) is 13.4. The highest BCUT2D eigenvalue weighted by Crippen LogP contribution is 2.36. The molecule has 0 aliphatic heterocycles. The maximum absolute atomic E-state index is 12.6. The van der Waals surface area contributed by atoms with E-state index in [0.29, 0.717) is 25.2 Å². The van der Waals surface area contributed by atoms with Crippen molar-refractivity contribution in [2.45, 2.75) is 58.4 Å². The number of carboxylic acids is 1. The molecule has 1 fully saturated rings. The Kier molecular flexibility index (Phi) is 7.84. The molecule has 1 aliphatic carbocycles. The zero-order chi connectivity index (χ0) is 20.6. The topological polar surface area (TPSA) is 105 Å². The molecule has 7 nitrogen and oxygen atoms in total. The Hall–Kier alpha value is -2.57. The molecular weight excluding hydrogens is 360 g/mol. The van der Waals surface area contributed by atoms with Gasteiger partial charge in [-0.05, 0) is 25.8 Å². The molecule has 0 aromatic heterocycles. The molecule has 1 unspecified atom stereocenters. The molecule has 1 aromatic carbocycles. The number of hydrogen-bond acceptors (Lipinski definition) is 4. The molecule has 2 rings (SSSR count). The van der Waals surface area contributed by atoms with E-state index in [-0.39, 0.29) is 24.8 Å². The molecule has 0 saturated heterocycles. The van der Waals surface area contributed by atoms with Crippen LogP contribution in [-0.2, 0) is 14.4 Å². The molecule has 0 heterocycles. The Balaban J connectivity index is 2.09. The molecule has 154 valence electrons. The van der Waals surface area contributed by atoms with Gasteiger partial charge >= 0.3 is 5.97 Å². The van der Waals surface area contributed by atoms with Crippen LogP contribution in [0.2, 0.25) is 0 Å². The fourth-order valence-corrected chi connectivity index (χ4v) is 3.76. The Morgan fingerprint density at radius 2 is 1.86 bits per heavy atom. The summed E-state index contributed by atoms with van der Waals surface area (Å²) in [5.41, 5.74) is -0.166. The third-order valence-electron chi connectivity index (χ3n) is 5.25. The van der Waals surface area contributed by atoms with Crippen molar-refractivity contribution in [3.63, 3.8) is 0 Å².